The van der Waals surface area contributed by atoms with Gasteiger partial charge in [0, 0.05) is 0 Å². The van der Waals surface area contributed by atoms with E-state index in [1.807, 2.05) is 19.1 Å². The van der Waals surface area contributed by atoms with E-state index in [1.165, 1.54) is 7.11 Å². The summed E-state index contributed by atoms with van der Waals surface area (Å²) in [4.78, 5) is 11.1. The average Bonchev–Trinajstić information content (AvgIpc) is 2.69. The van der Waals surface area contributed by atoms with Crippen LogP contribution in [0.4, 0.5) is 0 Å². The second-order valence-corrected chi connectivity index (χ2v) is 3.15. The molecule has 0 bridgehead atoms. The molecular weight excluding hydrogens is 182 g/mol. The maximum Gasteiger partial charge on any atom is 0.322 e. The molecule has 0 saturated carbocycles. The molecule has 0 spiro atoms. The minimum atomic E-state index is -0.333. The van der Waals surface area contributed by atoms with Gasteiger partial charge in [0.15, 0.2) is 0 Å². The first kappa shape index (κ1) is 10.8. The van der Waals surface area contributed by atoms with Crippen molar-refractivity contribution in [3.63, 3.8) is 0 Å². The molecule has 1 aromatic heterocycles. The molecule has 0 aromatic carbocycles. The standard InChI is InChI=1S/C10H15NO3/c1-7(9-5-4-6-14-9)11-8(2)10(12)13-3/h4-8,11H,1-3H3/t7-,8?/m0/s1. The highest BCUT2D eigenvalue weighted by Crippen LogP contribution is 2.12. The summed E-state index contributed by atoms with van der Waals surface area (Å²) in [6, 6.07) is 3.34. The Morgan fingerprint density at radius 1 is 1.57 bits per heavy atom. The van der Waals surface area contributed by atoms with Gasteiger partial charge in [0.1, 0.15) is 11.8 Å². The molecule has 0 radical (unpaired) electrons. The number of carbonyl (C=O) groups excluding carboxylic acids is 1. The number of carbonyl (C=O) groups is 1. The molecule has 2 atom stereocenters. The van der Waals surface area contributed by atoms with Gasteiger partial charge in [-0.1, -0.05) is 0 Å². The second kappa shape index (κ2) is 4.81. The van der Waals surface area contributed by atoms with Crippen LogP contribution < -0.4 is 5.32 Å². The third-order valence-corrected chi connectivity index (χ3v) is 2.02. The van der Waals surface area contributed by atoms with Crippen LogP contribution in [0.5, 0.6) is 0 Å². The summed E-state index contributed by atoms with van der Waals surface area (Å²) >= 11 is 0. The van der Waals surface area contributed by atoms with E-state index in [9.17, 15) is 4.79 Å². The molecule has 4 nitrogen and oxygen atoms in total. The first-order valence-corrected chi connectivity index (χ1v) is 4.52. The molecule has 4 heteroatoms. The normalized spacial score (nSPS) is 14.8. The first-order chi connectivity index (χ1) is 6.65. The SMILES string of the molecule is COC(=O)C(C)N[C@@H](C)c1ccco1. The Balaban J connectivity index is 2.49. The maximum atomic E-state index is 11.1. The van der Waals surface area contributed by atoms with Gasteiger partial charge in [-0.15, -0.1) is 0 Å². The lowest BCUT2D eigenvalue weighted by Gasteiger charge is -2.16. The number of methoxy groups -OCH3 is 1. The van der Waals surface area contributed by atoms with Crippen molar-refractivity contribution in [3.8, 4) is 0 Å². The minimum absolute atomic E-state index is 0.000833. The van der Waals surface area contributed by atoms with Crippen molar-refractivity contribution in [1.29, 1.82) is 0 Å². The minimum Gasteiger partial charge on any atom is -0.468 e. The largest absolute Gasteiger partial charge is 0.468 e. The van der Waals surface area contributed by atoms with Crippen molar-refractivity contribution >= 4 is 5.97 Å². The Bertz CT molecular complexity index is 282. The van der Waals surface area contributed by atoms with Crippen LogP contribution >= 0.6 is 0 Å². The van der Waals surface area contributed by atoms with Crippen LogP contribution in [0, 0.1) is 0 Å². The highest BCUT2D eigenvalue weighted by molar-refractivity contribution is 5.75. The summed E-state index contributed by atoms with van der Waals surface area (Å²) in [5.41, 5.74) is 0. The van der Waals surface area contributed by atoms with E-state index in [-0.39, 0.29) is 18.1 Å². The lowest BCUT2D eigenvalue weighted by Crippen LogP contribution is -2.36. The summed E-state index contributed by atoms with van der Waals surface area (Å²) in [6.07, 6.45) is 1.61. The first-order valence-electron chi connectivity index (χ1n) is 4.52. The summed E-state index contributed by atoms with van der Waals surface area (Å²) in [5, 5.41) is 3.06. The zero-order valence-corrected chi connectivity index (χ0v) is 8.61. The number of furan rings is 1. The van der Waals surface area contributed by atoms with Gasteiger partial charge < -0.3 is 9.15 Å². The van der Waals surface area contributed by atoms with Gasteiger partial charge in [0.05, 0.1) is 19.4 Å². The van der Waals surface area contributed by atoms with Crippen LogP contribution in [0.15, 0.2) is 22.8 Å². The molecule has 1 heterocycles. The summed E-state index contributed by atoms with van der Waals surface area (Å²) in [6.45, 7) is 3.68. The van der Waals surface area contributed by atoms with Gasteiger partial charge in [-0.3, -0.25) is 10.1 Å². The Morgan fingerprint density at radius 3 is 2.79 bits per heavy atom. The molecule has 0 aliphatic carbocycles. The van der Waals surface area contributed by atoms with Crippen LogP contribution in [0.2, 0.25) is 0 Å². The molecule has 0 fully saturated rings. The van der Waals surface area contributed by atoms with Gasteiger partial charge in [0.25, 0.3) is 0 Å². The molecule has 1 rings (SSSR count). The van der Waals surface area contributed by atoms with E-state index >= 15 is 0 Å². The van der Waals surface area contributed by atoms with E-state index in [0.29, 0.717) is 0 Å². The summed E-state index contributed by atoms with van der Waals surface area (Å²) in [5.74, 6) is 0.532. The quantitative estimate of drug-likeness (QED) is 0.743. The predicted octanol–water partition coefficient (Wildman–Crippen LogP) is 1.49. The molecule has 1 N–H and O–H groups in total. The fraction of sp³-hybridized carbons (Fsp3) is 0.500. The molecule has 0 amide bonds. The Kier molecular flexibility index (Phi) is 3.71. The fourth-order valence-electron chi connectivity index (χ4n) is 1.24. The summed E-state index contributed by atoms with van der Waals surface area (Å²) in [7, 11) is 1.37. The van der Waals surface area contributed by atoms with Crippen molar-refractivity contribution in [2.75, 3.05) is 7.11 Å². The Labute approximate surface area is 83.2 Å². The number of hydrogen-bond acceptors (Lipinski definition) is 4. The van der Waals surface area contributed by atoms with Crippen molar-refractivity contribution < 1.29 is 13.9 Å². The molecule has 0 saturated heterocycles. The van der Waals surface area contributed by atoms with Crippen LogP contribution in [-0.4, -0.2) is 19.1 Å². The van der Waals surface area contributed by atoms with Crippen LogP contribution in [0.3, 0.4) is 0 Å². The molecule has 78 valence electrons. The highest BCUT2D eigenvalue weighted by Gasteiger charge is 2.17. The molecule has 1 aromatic rings. The van der Waals surface area contributed by atoms with Gasteiger partial charge in [-0.2, -0.15) is 0 Å². The van der Waals surface area contributed by atoms with Gasteiger partial charge in [0.2, 0.25) is 0 Å². The van der Waals surface area contributed by atoms with Gasteiger partial charge in [-0.05, 0) is 26.0 Å². The zero-order valence-electron chi connectivity index (χ0n) is 8.61. The third-order valence-electron chi connectivity index (χ3n) is 2.02. The lowest BCUT2D eigenvalue weighted by atomic mass is 10.2. The number of ether oxygens (including phenoxy) is 1. The summed E-state index contributed by atoms with van der Waals surface area (Å²) < 4.78 is 9.79. The number of hydrogen-bond donors (Lipinski definition) is 1. The number of nitrogens with one attached hydrogen (secondary N) is 1. The van der Waals surface area contributed by atoms with Crippen LogP contribution in [-0.2, 0) is 9.53 Å². The maximum absolute atomic E-state index is 11.1. The Hall–Kier alpha value is -1.29. The van der Waals surface area contributed by atoms with Gasteiger partial charge in [-0.25, -0.2) is 0 Å². The van der Waals surface area contributed by atoms with E-state index in [2.05, 4.69) is 10.1 Å². The average molecular weight is 197 g/mol. The monoisotopic (exact) mass is 197 g/mol. The molecule has 0 aliphatic heterocycles. The van der Waals surface area contributed by atoms with Crippen LogP contribution in [0.1, 0.15) is 25.6 Å². The van der Waals surface area contributed by atoms with Crippen molar-refractivity contribution in [2.24, 2.45) is 0 Å². The number of rotatable bonds is 4. The van der Waals surface area contributed by atoms with E-state index < -0.39 is 0 Å². The van der Waals surface area contributed by atoms with Crippen LogP contribution in [0.25, 0.3) is 0 Å². The lowest BCUT2D eigenvalue weighted by molar-refractivity contribution is -0.142. The highest BCUT2D eigenvalue weighted by atomic mass is 16.5. The molecular formula is C10H15NO3. The molecule has 1 unspecified atom stereocenters. The predicted molar refractivity (Wildman–Crippen MR) is 51.7 cm³/mol. The zero-order chi connectivity index (χ0) is 10.6. The smallest absolute Gasteiger partial charge is 0.322 e. The van der Waals surface area contributed by atoms with E-state index in [4.69, 9.17) is 4.42 Å². The Morgan fingerprint density at radius 2 is 2.29 bits per heavy atom. The molecule has 0 aliphatic rings. The second-order valence-electron chi connectivity index (χ2n) is 3.15. The number of esters is 1. The van der Waals surface area contributed by atoms with Gasteiger partial charge >= 0.3 is 5.97 Å². The van der Waals surface area contributed by atoms with E-state index in [1.54, 1.807) is 13.2 Å². The molecule has 14 heavy (non-hydrogen) atoms. The fourth-order valence-corrected chi connectivity index (χ4v) is 1.24. The van der Waals surface area contributed by atoms with Crippen molar-refractivity contribution in [3.05, 3.63) is 24.2 Å². The van der Waals surface area contributed by atoms with Crippen molar-refractivity contribution in [2.45, 2.75) is 25.9 Å². The van der Waals surface area contributed by atoms with E-state index in [0.717, 1.165) is 5.76 Å². The van der Waals surface area contributed by atoms with Crippen molar-refractivity contribution in [1.82, 2.24) is 5.32 Å². The third kappa shape index (κ3) is 2.60. The topological polar surface area (TPSA) is 51.5 Å².